The van der Waals surface area contributed by atoms with Crippen LogP contribution in [0.1, 0.15) is 12.8 Å². The zero-order valence-electron chi connectivity index (χ0n) is 10.5. The van der Waals surface area contributed by atoms with Crippen molar-refractivity contribution in [3.05, 3.63) is 29.0 Å². The Morgan fingerprint density at radius 2 is 2.11 bits per heavy atom. The molecule has 0 atom stereocenters. The predicted octanol–water partition coefficient (Wildman–Crippen LogP) is 1.84. The van der Waals surface area contributed by atoms with Gasteiger partial charge in [-0.1, -0.05) is 11.6 Å². The molecular weight excluding hydrogens is 269 g/mol. The Kier molecular flexibility index (Phi) is 4.74. The number of benzene rings is 1. The molecule has 1 saturated heterocycles. The molecule has 1 aromatic carbocycles. The van der Waals surface area contributed by atoms with Gasteiger partial charge in [0.2, 0.25) is 5.91 Å². The predicted molar refractivity (Wildman–Crippen MR) is 73.7 cm³/mol. The maximum atomic E-state index is 13.1. The minimum absolute atomic E-state index is 0.169. The monoisotopic (exact) mass is 285 g/mol. The van der Waals surface area contributed by atoms with Gasteiger partial charge < -0.3 is 11.1 Å². The number of nitrogens with one attached hydrogen (secondary N) is 1. The van der Waals surface area contributed by atoms with Crippen LogP contribution in [0.15, 0.2) is 18.2 Å². The Morgan fingerprint density at radius 3 is 2.74 bits per heavy atom. The summed E-state index contributed by atoms with van der Waals surface area (Å²) >= 11 is 5.73. The number of likely N-dealkylation sites (tertiary alicyclic amines) is 1. The lowest BCUT2D eigenvalue weighted by Gasteiger charge is -2.29. The molecule has 1 heterocycles. The van der Waals surface area contributed by atoms with Gasteiger partial charge in [0, 0.05) is 29.8 Å². The zero-order valence-corrected chi connectivity index (χ0v) is 11.3. The molecule has 0 aliphatic carbocycles. The summed E-state index contributed by atoms with van der Waals surface area (Å²) < 4.78 is 13.1. The van der Waals surface area contributed by atoms with E-state index in [-0.39, 0.29) is 17.0 Å². The highest BCUT2D eigenvalue weighted by molar-refractivity contribution is 6.30. The second-order valence-corrected chi connectivity index (χ2v) is 5.26. The number of halogens is 2. The molecule has 0 bridgehead atoms. The molecule has 0 aromatic heterocycles. The Labute approximate surface area is 116 Å². The van der Waals surface area contributed by atoms with Crippen LogP contribution in [0.3, 0.4) is 0 Å². The third-order valence-corrected chi connectivity index (χ3v) is 3.36. The van der Waals surface area contributed by atoms with Crippen LogP contribution in [0.2, 0.25) is 5.02 Å². The maximum Gasteiger partial charge on any atom is 0.238 e. The highest BCUT2D eigenvalue weighted by Crippen LogP contribution is 2.18. The molecule has 1 aliphatic rings. The van der Waals surface area contributed by atoms with Crippen LogP contribution in [0.25, 0.3) is 0 Å². The van der Waals surface area contributed by atoms with Crippen LogP contribution in [-0.2, 0) is 4.79 Å². The summed E-state index contributed by atoms with van der Waals surface area (Å²) in [5.41, 5.74) is 6.18. The van der Waals surface area contributed by atoms with Crippen LogP contribution in [0, 0.1) is 5.82 Å². The van der Waals surface area contributed by atoms with Crippen molar-refractivity contribution < 1.29 is 9.18 Å². The molecule has 1 aliphatic heterocycles. The Balaban J connectivity index is 1.87. The molecule has 0 unspecified atom stereocenters. The first-order valence-electron chi connectivity index (χ1n) is 6.27. The number of hydrogen-bond acceptors (Lipinski definition) is 3. The second kappa shape index (κ2) is 6.32. The van der Waals surface area contributed by atoms with Crippen LogP contribution < -0.4 is 11.1 Å². The molecule has 1 fully saturated rings. The number of carbonyl (C=O) groups excluding carboxylic acids is 1. The number of amides is 1. The smallest absolute Gasteiger partial charge is 0.238 e. The highest BCUT2D eigenvalue weighted by Gasteiger charge is 2.18. The van der Waals surface area contributed by atoms with Gasteiger partial charge >= 0.3 is 0 Å². The van der Waals surface area contributed by atoms with Crippen LogP contribution >= 0.6 is 11.6 Å². The van der Waals surface area contributed by atoms with E-state index in [1.807, 2.05) is 4.90 Å². The van der Waals surface area contributed by atoms with E-state index in [9.17, 15) is 9.18 Å². The number of piperidine rings is 1. The van der Waals surface area contributed by atoms with Crippen molar-refractivity contribution in [2.75, 3.05) is 25.0 Å². The van der Waals surface area contributed by atoms with Gasteiger partial charge in [0.1, 0.15) is 5.82 Å². The molecule has 0 radical (unpaired) electrons. The summed E-state index contributed by atoms with van der Waals surface area (Å²) in [5, 5.41) is 2.91. The largest absolute Gasteiger partial charge is 0.328 e. The van der Waals surface area contributed by atoms with Gasteiger partial charge in [0.25, 0.3) is 0 Å². The number of hydrogen-bond donors (Lipinski definition) is 2. The Morgan fingerprint density at radius 1 is 1.42 bits per heavy atom. The number of rotatable bonds is 3. The van der Waals surface area contributed by atoms with E-state index < -0.39 is 5.82 Å². The van der Waals surface area contributed by atoms with E-state index in [0.29, 0.717) is 12.2 Å². The SMILES string of the molecule is NC1CCN(CC(=O)Nc2cc(F)cc(Cl)c2)CC1. The molecule has 2 rings (SSSR count). The van der Waals surface area contributed by atoms with Gasteiger partial charge in [0.15, 0.2) is 0 Å². The molecule has 0 spiro atoms. The van der Waals surface area contributed by atoms with E-state index in [0.717, 1.165) is 25.9 Å². The number of nitrogens with two attached hydrogens (primary N) is 1. The summed E-state index contributed by atoms with van der Waals surface area (Å²) in [6, 6.07) is 4.20. The van der Waals surface area contributed by atoms with Crippen LogP contribution in [-0.4, -0.2) is 36.5 Å². The molecule has 104 valence electrons. The molecule has 19 heavy (non-hydrogen) atoms. The van der Waals surface area contributed by atoms with Crippen molar-refractivity contribution in [3.8, 4) is 0 Å². The fourth-order valence-corrected chi connectivity index (χ4v) is 2.36. The lowest BCUT2D eigenvalue weighted by atomic mass is 10.1. The fourth-order valence-electron chi connectivity index (χ4n) is 2.14. The Hall–Kier alpha value is -1.17. The number of nitrogens with zero attached hydrogens (tertiary/aromatic N) is 1. The third kappa shape index (κ3) is 4.45. The van der Waals surface area contributed by atoms with Crippen LogP contribution in [0.4, 0.5) is 10.1 Å². The number of anilines is 1. The number of carbonyl (C=O) groups is 1. The summed E-state index contributed by atoms with van der Waals surface area (Å²) in [5.74, 6) is -0.635. The highest BCUT2D eigenvalue weighted by atomic mass is 35.5. The van der Waals surface area contributed by atoms with E-state index in [1.165, 1.54) is 18.2 Å². The first-order chi connectivity index (χ1) is 9.02. The summed E-state index contributed by atoms with van der Waals surface area (Å²) in [6.45, 7) is 1.93. The minimum atomic E-state index is -0.466. The molecular formula is C13H17ClFN3O. The standard InChI is InChI=1S/C13H17ClFN3O/c14-9-5-10(15)7-12(6-9)17-13(19)8-18-3-1-11(16)2-4-18/h5-7,11H,1-4,8,16H2,(H,17,19). The molecule has 3 N–H and O–H groups in total. The normalized spacial score (nSPS) is 17.4. The van der Waals surface area contributed by atoms with Crippen molar-refractivity contribution in [1.29, 1.82) is 0 Å². The van der Waals surface area contributed by atoms with Gasteiger partial charge in [-0.2, -0.15) is 0 Å². The average molecular weight is 286 g/mol. The molecule has 4 nitrogen and oxygen atoms in total. The van der Waals surface area contributed by atoms with E-state index >= 15 is 0 Å². The van der Waals surface area contributed by atoms with Crippen molar-refractivity contribution in [1.82, 2.24) is 4.90 Å². The lowest BCUT2D eigenvalue weighted by Crippen LogP contribution is -2.43. The van der Waals surface area contributed by atoms with Gasteiger partial charge in [-0.15, -0.1) is 0 Å². The van der Waals surface area contributed by atoms with Crippen LogP contribution in [0.5, 0.6) is 0 Å². The molecule has 6 heteroatoms. The second-order valence-electron chi connectivity index (χ2n) is 4.82. The zero-order chi connectivity index (χ0) is 13.8. The molecule has 1 aromatic rings. The van der Waals surface area contributed by atoms with Gasteiger partial charge in [0.05, 0.1) is 6.54 Å². The Bertz CT molecular complexity index is 441. The van der Waals surface area contributed by atoms with Crippen molar-refractivity contribution >= 4 is 23.2 Å². The average Bonchev–Trinajstić information content (AvgIpc) is 2.30. The minimum Gasteiger partial charge on any atom is -0.328 e. The first kappa shape index (κ1) is 14.2. The summed E-state index contributed by atoms with van der Waals surface area (Å²) in [4.78, 5) is 13.9. The molecule has 0 saturated carbocycles. The fraction of sp³-hybridized carbons (Fsp3) is 0.462. The first-order valence-corrected chi connectivity index (χ1v) is 6.64. The summed E-state index contributed by atoms with van der Waals surface area (Å²) in [7, 11) is 0. The van der Waals surface area contributed by atoms with Gasteiger partial charge in [-0.05, 0) is 31.0 Å². The topological polar surface area (TPSA) is 58.4 Å². The van der Waals surface area contributed by atoms with Gasteiger partial charge in [-0.3, -0.25) is 9.69 Å². The van der Waals surface area contributed by atoms with E-state index in [2.05, 4.69) is 5.32 Å². The van der Waals surface area contributed by atoms with Gasteiger partial charge in [-0.25, -0.2) is 4.39 Å². The van der Waals surface area contributed by atoms with Crippen molar-refractivity contribution in [3.63, 3.8) is 0 Å². The summed E-state index contributed by atoms with van der Waals surface area (Å²) in [6.07, 6.45) is 1.80. The lowest BCUT2D eigenvalue weighted by molar-refractivity contribution is -0.117. The third-order valence-electron chi connectivity index (χ3n) is 3.15. The van der Waals surface area contributed by atoms with E-state index in [1.54, 1.807) is 0 Å². The molecule has 1 amide bonds. The van der Waals surface area contributed by atoms with E-state index in [4.69, 9.17) is 17.3 Å². The maximum absolute atomic E-state index is 13.1. The van der Waals surface area contributed by atoms with Crippen molar-refractivity contribution in [2.24, 2.45) is 5.73 Å². The van der Waals surface area contributed by atoms with Crippen molar-refractivity contribution in [2.45, 2.75) is 18.9 Å². The quantitative estimate of drug-likeness (QED) is 0.891.